The molecule has 3 nitrogen and oxygen atoms in total. The molecule has 0 unspecified atom stereocenters. The average Bonchev–Trinajstić information content (AvgIpc) is 2.34. The van der Waals surface area contributed by atoms with Gasteiger partial charge in [0.05, 0.1) is 0 Å². The van der Waals surface area contributed by atoms with E-state index < -0.39 is 9.73 Å². The molecule has 0 aliphatic heterocycles. The summed E-state index contributed by atoms with van der Waals surface area (Å²) in [5.74, 6) is 0. The normalized spacial score (nSPS) is 11.4. The second-order valence-electron chi connectivity index (χ2n) is 5.37. The molecule has 0 fully saturated rings. The maximum atomic E-state index is 11.9. The van der Waals surface area contributed by atoms with Crippen LogP contribution in [0.2, 0.25) is 0 Å². The molecule has 0 spiro atoms. The first-order valence-corrected chi connectivity index (χ1v) is 8.90. The maximum absolute atomic E-state index is 11.9. The Balaban J connectivity index is 2.47. The highest BCUT2D eigenvalue weighted by Crippen LogP contribution is 2.18. The van der Waals surface area contributed by atoms with Gasteiger partial charge in [-0.2, -0.15) is 8.93 Å². The Bertz CT molecular complexity index is 722. The molecule has 2 aromatic rings. The van der Waals surface area contributed by atoms with Gasteiger partial charge < -0.3 is 0 Å². The van der Waals surface area contributed by atoms with Gasteiger partial charge in [0, 0.05) is 40.3 Å². The van der Waals surface area contributed by atoms with Gasteiger partial charge in [-0.25, -0.2) is 4.21 Å². The SMILES string of the molecule is Cc1cc(N=S(C)(C)=O)c(C)[n+](Cc2ccccc2)c1. The molecule has 0 amide bonds. The quantitative estimate of drug-likeness (QED) is 0.800. The standard InChI is InChI=1S/C16H21N2OS/c1-13-10-16(17-20(3,4)19)14(2)18(11-13)12-15-8-6-5-7-9-15/h5-11H,12H2,1-4H3/q+1. The van der Waals surface area contributed by atoms with Crippen molar-refractivity contribution in [1.82, 2.24) is 0 Å². The van der Waals surface area contributed by atoms with Crippen LogP contribution in [0.4, 0.5) is 5.69 Å². The molecule has 20 heavy (non-hydrogen) atoms. The molecule has 0 N–H and O–H groups in total. The van der Waals surface area contributed by atoms with Gasteiger partial charge in [0.25, 0.3) is 0 Å². The predicted octanol–water partition coefficient (Wildman–Crippen LogP) is 3.00. The van der Waals surface area contributed by atoms with E-state index in [1.807, 2.05) is 38.1 Å². The summed E-state index contributed by atoms with van der Waals surface area (Å²) in [5, 5.41) is 0. The van der Waals surface area contributed by atoms with Crippen molar-refractivity contribution in [3.05, 3.63) is 59.4 Å². The lowest BCUT2D eigenvalue weighted by Crippen LogP contribution is -2.37. The van der Waals surface area contributed by atoms with Crippen molar-refractivity contribution in [2.24, 2.45) is 4.36 Å². The Kier molecular flexibility index (Phi) is 4.23. The Morgan fingerprint density at radius 1 is 1.15 bits per heavy atom. The first-order valence-electron chi connectivity index (χ1n) is 6.57. The summed E-state index contributed by atoms with van der Waals surface area (Å²) in [6.45, 7) is 4.85. The van der Waals surface area contributed by atoms with E-state index in [-0.39, 0.29) is 0 Å². The van der Waals surface area contributed by atoms with E-state index in [9.17, 15) is 4.21 Å². The molecule has 0 saturated heterocycles. The van der Waals surface area contributed by atoms with Crippen LogP contribution in [0.1, 0.15) is 16.8 Å². The van der Waals surface area contributed by atoms with E-state index in [1.54, 1.807) is 12.5 Å². The number of aromatic nitrogens is 1. The molecule has 1 aromatic carbocycles. The zero-order valence-electron chi connectivity index (χ0n) is 12.5. The van der Waals surface area contributed by atoms with Crippen molar-refractivity contribution in [2.45, 2.75) is 20.4 Å². The van der Waals surface area contributed by atoms with Crippen molar-refractivity contribution in [2.75, 3.05) is 12.5 Å². The molecule has 0 saturated carbocycles. The Morgan fingerprint density at radius 3 is 2.40 bits per heavy atom. The smallest absolute Gasteiger partial charge is 0.205 e. The molecule has 0 aliphatic rings. The van der Waals surface area contributed by atoms with Crippen LogP contribution in [-0.2, 0) is 16.3 Å². The van der Waals surface area contributed by atoms with Crippen molar-refractivity contribution in [3.63, 3.8) is 0 Å². The lowest BCUT2D eigenvalue weighted by molar-refractivity contribution is -0.694. The topological polar surface area (TPSA) is 33.3 Å². The molecule has 106 valence electrons. The van der Waals surface area contributed by atoms with Crippen LogP contribution in [-0.4, -0.2) is 16.7 Å². The first-order chi connectivity index (χ1) is 9.35. The Hall–Kier alpha value is -1.68. The fraction of sp³-hybridized carbons (Fsp3) is 0.312. The molecule has 4 heteroatoms. The lowest BCUT2D eigenvalue weighted by Gasteiger charge is -2.06. The second-order valence-corrected chi connectivity index (χ2v) is 7.92. The van der Waals surface area contributed by atoms with Crippen LogP contribution >= 0.6 is 0 Å². The van der Waals surface area contributed by atoms with Crippen LogP contribution in [0.25, 0.3) is 0 Å². The van der Waals surface area contributed by atoms with Gasteiger partial charge in [0.1, 0.15) is 5.69 Å². The molecule has 0 aliphatic carbocycles. The summed E-state index contributed by atoms with van der Waals surface area (Å²) in [7, 11) is -2.14. The van der Waals surface area contributed by atoms with Crippen LogP contribution in [0.15, 0.2) is 47.0 Å². The zero-order valence-corrected chi connectivity index (χ0v) is 13.3. The summed E-state index contributed by atoms with van der Waals surface area (Å²) < 4.78 is 18.4. The largest absolute Gasteiger partial charge is 0.250 e. The van der Waals surface area contributed by atoms with Crippen molar-refractivity contribution in [1.29, 1.82) is 0 Å². The molecule has 0 bridgehead atoms. The Labute approximate surface area is 121 Å². The summed E-state index contributed by atoms with van der Waals surface area (Å²) in [5.41, 5.74) is 4.21. The van der Waals surface area contributed by atoms with Crippen LogP contribution in [0.5, 0.6) is 0 Å². The number of aryl methyl sites for hydroxylation is 1. The van der Waals surface area contributed by atoms with Crippen molar-refractivity contribution in [3.8, 4) is 0 Å². The van der Waals surface area contributed by atoms with Gasteiger partial charge in [0.15, 0.2) is 12.7 Å². The lowest BCUT2D eigenvalue weighted by atomic mass is 10.2. The summed E-state index contributed by atoms with van der Waals surface area (Å²) >= 11 is 0. The van der Waals surface area contributed by atoms with Crippen LogP contribution in [0.3, 0.4) is 0 Å². The molecular formula is C16H21N2OS+. The maximum Gasteiger partial charge on any atom is 0.205 e. The first kappa shape index (κ1) is 14.7. The Morgan fingerprint density at radius 2 is 1.80 bits per heavy atom. The van der Waals surface area contributed by atoms with Gasteiger partial charge in [-0.05, 0) is 13.0 Å². The molecule has 0 radical (unpaired) electrons. The highest BCUT2D eigenvalue weighted by atomic mass is 32.2. The highest BCUT2D eigenvalue weighted by Gasteiger charge is 2.14. The number of pyridine rings is 1. The minimum atomic E-state index is -2.14. The third-order valence-electron chi connectivity index (χ3n) is 3.04. The minimum absolute atomic E-state index is 0.797. The summed E-state index contributed by atoms with van der Waals surface area (Å²) in [4.78, 5) is 0. The van der Waals surface area contributed by atoms with Crippen LogP contribution in [0, 0.1) is 13.8 Å². The van der Waals surface area contributed by atoms with E-state index in [4.69, 9.17) is 0 Å². The number of rotatable bonds is 3. The third kappa shape index (κ3) is 3.90. The zero-order chi connectivity index (χ0) is 14.8. The van der Waals surface area contributed by atoms with Gasteiger partial charge in [-0.3, -0.25) is 0 Å². The predicted molar refractivity (Wildman–Crippen MR) is 83.7 cm³/mol. The number of nitrogens with zero attached hydrogens (tertiary/aromatic N) is 2. The molecule has 1 heterocycles. The number of hydrogen-bond donors (Lipinski definition) is 0. The average molecular weight is 289 g/mol. The van der Waals surface area contributed by atoms with Crippen LogP contribution < -0.4 is 4.57 Å². The fourth-order valence-corrected chi connectivity index (χ4v) is 2.78. The molecule has 2 rings (SSSR count). The van der Waals surface area contributed by atoms with Gasteiger partial charge in [0.2, 0.25) is 5.69 Å². The fourth-order valence-electron chi connectivity index (χ4n) is 2.12. The van der Waals surface area contributed by atoms with E-state index >= 15 is 0 Å². The van der Waals surface area contributed by atoms with Gasteiger partial charge >= 0.3 is 0 Å². The van der Waals surface area contributed by atoms with E-state index in [1.165, 1.54) is 5.56 Å². The summed E-state index contributed by atoms with van der Waals surface area (Å²) in [6.07, 6.45) is 5.43. The third-order valence-corrected chi connectivity index (χ3v) is 3.68. The number of hydrogen-bond acceptors (Lipinski definition) is 2. The molecule has 1 aromatic heterocycles. The van der Waals surface area contributed by atoms with Crippen molar-refractivity contribution >= 4 is 15.4 Å². The van der Waals surface area contributed by atoms with Gasteiger partial charge in [-0.1, -0.05) is 30.3 Å². The minimum Gasteiger partial charge on any atom is -0.250 e. The molecular weight excluding hydrogens is 268 g/mol. The van der Waals surface area contributed by atoms with E-state index in [0.717, 1.165) is 23.5 Å². The number of benzene rings is 1. The van der Waals surface area contributed by atoms with Crippen molar-refractivity contribution < 1.29 is 8.78 Å². The van der Waals surface area contributed by atoms with E-state index in [0.29, 0.717) is 0 Å². The second kappa shape index (κ2) is 5.75. The highest BCUT2D eigenvalue weighted by molar-refractivity contribution is 7.92. The van der Waals surface area contributed by atoms with Gasteiger partial charge in [-0.15, -0.1) is 0 Å². The summed E-state index contributed by atoms with van der Waals surface area (Å²) in [6, 6.07) is 12.3. The van der Waals surface area contributed by atoms with E-state index in [2.05, 4.69) is 27.3 Å². The molecule has 0 atom stereocenters. The monoisotopic (exact) mass is 289 g/mol.